The van der Waals surface area contributed by atoms with Crippen LogP contribution < -0.4 is 0 Å². The van der Waals surface area contributed by atoms with Crippen LogP contribution in [0.1, 0.15) is 43.2 Å². The molecule has 0 N–H and O–H groups in total. The molecule has 1 fully saturated rings. The van der Waals surface area contributed by atoms with Crippen LogP contribution >= 0.6 is 22.6 Å². The first-order valence-corrected chi connectivity index (χ1v) is 8.94. The summed E-state index contributed by atoms with van der Waals surface area (Å²) in [5.41, 5.74) is 2.90. The van der Waals surface area contributed by atoms with E-state index in [4.69, 9.17) is 0 Å². The monoisotopic (exact) mass is 391 g/mol. The lowest BCUT2D eigenvalue weighted by Crippen LogP contribution is -2.08. The second-order valence-corrected chi connectivity index (χ2v) is 7.59. The number of halogens is 1. The minimum Gasteiger partial charge on any atom is -0.264 e. The molecule has 0 bridgehead atoms. The molecule has 3 atom stereocenters. The van der Waals surface area contributed by atoms with E-state index in [1.165, 1.54) is 40.4 Å². The summed E-state index contributed by atoms with van der Waals surface area (Å²) in [6, 6.07) is 13.3. The van der Waals surface area contributed by atoms with Crippen molar-refractivity contribution >= 4 is 22.6 Å². The molecule has 0 aliphatic heterocycles. The molecule has 0 radical (unpaired) electrons. The maximum absolute atomic E-state index is 4.27. The second kappa shape index (κ2) is 6.91. The largest absolute Gasteiger partial charge is 0.264 e. The normalized spacial score (nSPS) is 23.1. The van der Waals surface area contributed by atoms with E-state index in [-0.39, 0.29) is 0 Å². The fourth-order valence-electron chi connectivity index (χ4n) is 3.62. The second-order valence-electron chi connectivity index (χ2n) is 6.34. The van der Waals surface area contributed by atoms with Crippen molar-refractivity contribution in [3.8, 4) is 0 Å². The van der Waals surface area contributed by atoms with Crippen LogP contribution in [0.3, 0.4) is 0 Å². The quantitative estimate of drug-likeness (QED) is 0.632. The zero-order valence-electron chi connectivity index (χ0n) is 12.5. The number of benzene rings is 1. The molecule has 110 valence electrons. The average Bonchev–Trinajstić information content (AvgIpc) is 2.98. The van der Waals surface area contributed by atoms with Gasteiger partial charge in [-0.1, -0.05) is 25.1 Å². The standard InChI is InChI=1S/C19H22IN/c1-14(18-3-2-10-21-13-18)17-7-4-16(12-17)11-15-5-8-19(20)9-6-15/h2-3,5-6,8-10,13-14,16-17H,4,7,11-12H2,1H3/t14-,16?,17-/m0/s1. The molecule has 1 aliphatic rings. The molecule has 0 spiro atoms. The zero-order valence-corrected chi connectivity index (χ0v) is 14.7. The van der Waals surface area contributed by atoms with Gasteiger partial charge < -0.3 is 0 Å². The molecule has 0 amide bonds. The number of nitrogens with zero attached hydrogens (tertiary/aromatic N) is 1. The number of pyridine rings is 1. The van der Waals surface area contributed by atoms with Crippen molar-refractivity contribution in [2.45, 2.75) is 38.5 Å². The molecular formula is C19H22IN. The fraction of sp³-hybridized carbons (Fsp3) is 0.421. The third-order valence-corrected chi connectivity index (χ3v) is 5.66. The van der Waals surface area contributed by atoms with E-state index < -0.39 is 0 Å². The van der Waals surface area contributed by atoms with Gasteiger partial charge in [-0.05, 0) is 95.4 Å². The lowest BCUT2D eigenvalue weighted by Gasteiger charge is -2.19. The van der Waals surface area contributed by atoms with Crippen molar-refractivity contribution < 1.29 is 0 Å². The van der Waals surface area contributed by atoms with Gasteiger partial charge in [0, 0.05) is 16.0 Å². The Morgan fingerprint density at radius 1 is 1.19 bits per heavy atom. The smallest absolute Gasteiger partial charge is 0.0302 e. The highest BCUT2D eigenvalue weighted by Gasteiger charge is 2.29. The topological polar surface area (TPSA) is 12.9 Å². The first kappa shape index (κ1) is 15.0. The lowest BCUT2D eigenvalue weighted by molar-refractivity contribution is 0.431. The predicted molar refractivity (Wildman–Crippen MR) is 96.3 cm³/mol. The van der Waals surface area contributed by atoms with Gasteiger partial charge in [0.2, 0.25) is 0 Å². The third kappa shape index (κ3) is 3.85. The molecule has 1 aliphatic carbocycles. The Hall–Kier alpha value is -0.900. The van der Waals surface area contributed by atoms with Crippen molar-refractivity contribution in [3.05, 3.63) is 63.5 Å². The summed E-state index contributed by atoms with van der Waals surface area (Å²) >= 11 is 2.37. The number of hydrogen-bond donors (Lipinski definition) is 0. The van der Waals surface area contributed by atoms with Gasteiger partial charge in [0.15, 0.2) is 0 Å². The van der Waals surface area contributed by atoms with Crippen LogP contribution in [-0.2, 0) is 6.42 Å². The highest BCUT2D eigenvalue weighted by atomic mass is 127. The highest BCUT2D eigenvalue weighted by Crippen LogP contribution is 2.41. The zero-order chi connectivity index (χ0) is 14.7. The van der Waals surface area contributed by atoms with Crippen LogP contribution in [-0.4, -0.2) is 4.98 Å². The van der Waals surface area contributed by atoms with Crippen LogP contribution in [0.15, 0.2) is 48.8 Å². The summed E-state index contributed by atoms with van der Waals surface area (Å²) in [6.07, 6.45) is 9.25. The van der Waals surface area contributed by atoms with Gasteiger partial charge in [0.25, 0.3) is 0 Å². The molecular weight excluding hydrogens is 369 g/mol. The molecule has 2 aromatic rings. The number of rotatable bonds is 4. The first-order chi connectivity index (χ1) is 10.2. The first-order valence-electron chi connectivity index (χ1n) is 7.86. The van der Waals surface area contributed by atoms with Crippen LogP contribution in [0.5, 0.6) is 0 Å². The van der Waals surface area contributed by atoms with Crippen LogP contribution in [0.4, 0.5) is 0 Å². The van der Waals surface area contributed by atoms with E-state index in [9.17, 15) is 0 Å². The molecule has 1 nitrogen and oxygen atoms in total. The molecule has 2 heteroatoms. The molecule has 0 saturated heterocycles. The Morgan fingerprint density at radius 2 is 2.00 bits per heavy atom. The van der Waals surface area contributed by atoms with Crippen molar-refractivity contribution in [2.24, 2.45) is 11.8 Å². The van der Waals surface area contributed by atoms with Crippen LogP contribution in [0.25, 0.3) is 0 Å². The van der Waals surface area contributed by atoms with E-state index in [0.717, 1.165) is 11.8 Å². The number of hydrogen-bond acceptors (Lipinski definition) is 1. The molecule has 21 heavy (non-hydrogen) atoms. The van der Waals surface area contributed by atoms with Gasteiger partial charge in [-0.2, -0.15) is 0 Å². The summed E-state index contributed by atoms with van der Waals surface area (Å²) in [5, 5.41) is 0. The Morgan fingerprint density at radius 3 is 2.71 bits per heavy atom. The predicted octanol–water partition coefficient (Wildman–Crippen LogP) is 5.45. The summed E-state index contributed by atoms with van der Waals surface area (Å²) in [5.74, 6) is 2.32. The molecule has 1 unspecified atom stereocenters. The highest BCUT2D eigenvalue weighted by molar-refractivity contribution is 14.1. The fourth-order valence-corrected chi connectivity index (χ4v) is 3.98. The van der Waals surface area contributed by atoms with Gasteiger partial charge in [-0.3, -0.25) is 4.98 Å². The minimum absolute atomic E-state index is 0.639. The van der Waals surface area contributed by atoms with Gasteiger partial charge in [0.05, 0.1) is 0 Å². The van der Waals surface area contributed by atoms with Crippen LogP contribution in [0, 0.1) is 15.4 Å². The van der Waals surface area contributed by atoms with E-state index >= 15 is 0 Å². The van der Waals surface area contributed by atoms with Crippen molar-refractivity contribution in [3.63, 3.8) is 0 Å². The summed E-state index contributed by atoms with van der Waals surface area (Å²) < 4.78 is 1.32. The summed E-state index contributed by atoms with van der Waals surface area (Å²) in [7, 11) is 0. The Bertz CT molecular complexity index is 564. The number of aromatic nitrogens is 1. The van der Waals surface area contributed by atoms with Gasteiger partial charge in [0.1, 0.15) is 0 Å². The van der Waals surface area contributed by atoms with Gasteiger partial charge in [-0.15, -0.1) is 0 Å². The van der Waals surface area contributed by atoms with E-state index in [2.05, 4.69) is 70.9 Å². The maximum Gasteiger partial charge on any atom is 0.0302 e. The molecule has 1 saturated carbocycles. The SMILES string of the molecule is C[C@H](c1cccnc1)[C@H]1CCC(Cc2ccc(I)cc2)C1. The Balaban J connectivity index is 1.59. The van der Waals surface area contributed by atoms with Crippen molar-refractivity contribution in [1.29, 1.82) is 0 Å². The third-order valence-electron chi connectivity index (χ3n) is 4.94. The minimum atomic E-state index is 0.639. The molecule has 3 rings (SSSR count). The Labute approximate surface area is 141 Å². The van der Waals surface area contributed by atoms with E-state index in [1.54, 1.807) is 0 Å². The van der Waals surface area contributed by atoms with E-state index in [1.807, 2.05) is 12.4 Å². The summed E-state index contributed by atoms with van der Waals surface area (Å²) in [4.78, 5) is 4.27. The average molecular weight is 391 g/mol. The van der Waals surface area contributed by atoms with Crippen molar-refractivity contribution in [1.82, 2.24) is 4.98 Å². The molecule has 1 aromatic carbocycles. The Kier molecular flexibility index (Phi) is 4.94. The van der Waals surface area contributed by atoms with Gasteiger partial charge in [-0.25, -0.2) is 0 Å². The maximum atomic E-state index is 4.27. The van der Waals surface area contributed by atoms with Crippen LogP contribution in [0.2, 0.25) is 0 Å². The summed E-state index contributed by atoms with van der Waals surface area (Å²) in [6.45, 7) is 2.37. The van der Waals surface area contributed by atoms with Gasteiger partial charge >= 0.3 is 0 Å². The molecule has 1 heterocycles. The molecule has 1 aromatic heterocycles. The van der Waals surface area contributed by atoms with Crippen molar-refractivity contribution in [2.75, 3.05) is 0 Å². The lowest BCUT2D eigenvalue weighted by atomic mass is 9.86. The van der Waals surface area contributed by atoms with E-state index in [0.29, 0.717) is 5.92 Å².